The minimum atomic E-state index is -1.54. The van der Waals surface area contributed by atoms with E-state index in [9.17, 15) is 9.36 Å². The maximum Gasteiger partial charge on any atom is 0.343 e. The summed E-state index contributed by atoms with van der Waals surface area (Å²) >= 11 is 0. The van der Waals surface area contributed by atoms with E-state index in [1.807, 2.05) is 57.2 Å². The van der Waals surface area contributed by atoms with Gasteiger partial charge in [0.1, 0.15) is 0 Å². The van der Waals surface area contributed by atoms with E-state index in [1.54, 1.807) is 0 Å². The van der Waals surface area contributed by atoms with Crippen molar-refractivity contribution in [1.29, 1.82) is 0 Å². The smallest absolute Gasteiger partial charge is 0.343 e. The zero-order valence-corrected chi connectivity index (χ0v) is 15.9. The summed E-state index contributed by atoms with van der Waals surface area (Å²) in [6.07, 6.45) is 0. The van der Waals surface area contributed by atoms with Crippen LogP contribution < -0.4 is 0 Å². The van der Waals surface area contributed by atoms with E-state index >= 15 is 0 Å². The molecule has 0 amide bonds. The predicted octanol–water partition coefficient (Wildman–Crippen LogP) is 3.73. The molecule has 0 N–H and O–H groups in total. The SMILES string of the molecule is Cc1cc(C)c(-c2ccccc2)c(C)c1C(=O)O[PH2]=O.[Na]. The van der Waals surface area contributed by atoms with Crippen molar-refractivity contribution < 1.29 is 13.9 Å². The van der Waals surface area contributed by atoms with E-state index in [4.69, 9.17) is 4.52 Å². The van der Waals surface area contributed by atoms with Crippen LogP contribution in [0.15, 0.2) is 36.4 Å². The summed E-state index contributed by atoms with van der Waals surface area (Å²) in [5, 5.41) is 0. The van der Waals surface area contributed by atoms with E-state index < -0.39 is 14.7 Å². The molecule has 0 aliphatic heterocycles. The van der Waals surface area contributed by atoms with Gasteiger partial charge in [0.25, 0.3) is 0 Å². The molecule has 2 rings (SSSR count). The normalized spacial score (nSPS) is 10.4. The molecule has 0 saturated carbocycles. The van der Waals surface area contributed by atoms with Crippen molar-refractivity contribution >= 4 is 44.2 Å². The zero-order chi connectivity index (χ0) is 14.7. The fourth-order valence-corrected chi connectivity index (χ4v) is 2.86. The van der Waals surface area contributed by atoms with Crippen molar-refractivity contribution in [2.75, 3.05) is 0 Å². The average Bonchev–Trinajstić information content (AvgIpc) is 2.39. The van der Waals surface area contributed by atoms with Gasteiger partial charge in [-0.3, -0.25) is 4.57 Å². The van der Waals surface area contributed by atoms with E-state index in [0.717, 1.165) is 27.8 Å². The van der Waals surface area contributed by atoms with Crippen LogP contribution in [-0.2, 0) is 9.09 Å². The van der Waals surface area contributed by atoms with E-state index in [-0.39, 0.29) is 29.6 Å². The zero-order valence-electron chi connectivity index (χ0n) is 12.8. The third-order valence-electron chi connectivity index (χ3n) is 3.39. The Hall–Kier alpha value is -0.860. The molecule has 0 heterocycles. The number of rotatable bonds is 3. The molecule has 3 nitrogen and oxygen atoms in total. The quantitative estimate of drug-likeness (QED) is 0.641. The molecule has 21 heavy (non-hydrogen) atoms. The molecule has 5 heteroatoms. The van der Waals surface area contributed by atoms with Gasteiger partial charge in [-0.15, -0.1) is 0 Å². The minimum absolute atomic E-state index is 0. The first-order chi connectivity index (χ1) is 9.56. The maximum atomic E-state index is 12.0. The van der Waals surface area contributed by atoms with Gasteiger partial charge in [0, 0.05) is 29.6 Å². The summed E-state index contributed by atoms with van der Waals surface area (Å²) in [4.78, 5) is 12.0. The third kappa shape index (κ3) is 3.87. The summed E-state index contributed by atoms with van der Waals surface area (Å²) in [6.45, 7) is 5.79. The van der Waals surface area contributed by atoms with Crippen LogP contribution in [0.4, 0.5) is 0 Å². The first-order valence-corrected chi connectivity index (χ1v) is 7.31. The van der Waals surface area contributed by atoms with E-state index in [2.05, 4.69) is 0 Å². The molecule has 0 aliphatic carbocycles. The Balaban J connectivity index is 0.00000220. The molecule has 2 aromatic rings. The summed E-state index contributed by atoms with van der Waals surface area (Å²) in [6, 6.07) is 11.9. The van der Waals surface area contributed by atoms with Gasteiger partial charge in [-0.2, -0.15) is 0 Å². The van der Waals surface area contributed by atoms with Crippen LogP contribution in [0.5, 0.6) is 0 Å². The van der Waals surface area contributed by atoms with Crippen molar-refractivity contribution in [3.63, 3.8) is 0 Å². The van der Waals surface area contributed by atoms with Crippen LogP contribution in [-0.4, -0.2) is 35.5 Å². The van der Waals surface area contributed by atoms with Gasteiger partial charge in [-0.25, -0.2) is 4.79 Å². The van der Waals surface area contributed by atoms with Crippen molar-refractivity contribution in [3.05, 3.63) is 58.7 Å². The molecule has 1 unspecified atom stereocenters. The molecular weight excluding hydrogens is 294 g/mol. The van der Waals surface area contributed by atoms with Gasteiger partial charge in [0.15, 0.2) is 0 Å². The van der Waals surface area contributed by atoms with Crippen molar-refractivity contribution in [2.45, 2.75) is 20.8 Å². The Morgan fingerprint density at radius 2 is 1.67 bits per heavy atom. The maximum absolute atomic E-state index is 12.0. The molecule has 105 valence electrons. The topological polar surface area (TPSA) is 43.4 Å². The number of carbonyl (C=O) groups excluding carboxylic acids is 1. The molecule has 0 fully saturated rings. The summed E-state index contributed by atoms with van der Waals surface area (Å²) < 4.78 is 15.3. The minimum Gasteiger partial charge on any atom is -0.413 e. The second-order valence-electron chi connectivity index (χ2n) is 4.75. The van der Waals surface area contributed by atoms with Crippen LogP contribution >= 0.6 is 8.69 Å². The Morgan fingerprint density at radius 3 is 2.24 bits per heavy atom. The van der Waals surface area contributed by atoms with E-state index in [0.29, 0.717) is 5.56 Å². The molecule has 1 radical (unpaired) electrons. The fourth-order valence-electron chi connectivity index (χ4n) is 2.65. The van der Waals surface area contributed by atoms with Crippen molar-refractivity contribution in [3.8, 4) is 11.1 Å². The largest absolute Gasteiger partial charge is 0.413 e. The predicted molar refractivity (Wildman–Crippen MR) is 87.7 cm³/mol. The van der Waals surface area contributed by atoms with E-state index in [1.165, 1.54) is 0 Å². The molecule has 0 spiro atoms. The average molecular weight is 311 g/mol. The van der Waals surface area contributed by atoms with Gasteiger partial charge in [-0.05, 0) is 48.6 Å². The van der Waals surface area contributed by atoms with Crippen LogP contribution in [0.2, 0.25) is 0 Å². The van der Waals surface area contributed by atoms with Crippen LogP contribution in [0, 0.1) is 20.8 Å². The number of hydrogen-bond donors (Lipinski definition) is 0. The second kappa shape index (κ2) is 7.95. The van der Waals surface area contributed by atoms with Crippen LogP contribution in [0.1, 0.15) is 27.0 Å². The van der Waals surface area contributed by atoms with Crippen LogP contribution in [0.3, 0.4) is 0 Å². The Morgan fingerprint density at radius 1 is 1.05 bits per heavy atom. The van der Waals surface area contributed by atoms with Gasteiger partial charge < -0.3 is 4.52 Å². The summed E-state index contributed by atoms with van der Waals surface area (Å²) in [7, 11) is -1.54. The third-order valence-corrected chi connectivity index (χ3v) is 3.70. The van der Waals surface area contributed by atoms with Gasteiger partial charge >= 0.3 is 5.97 Å². The Labute approximate surface area is 148 Å². The fraction of sp³-hybridized carbons (Fsp3) is 0.188. The number of hydrogen-bond acceptors (Lipinski definition) is 3. The molecule has 2 aromatic carbocycles. The Bertz CT molecular complexity index is 669. The molecule has 0 bridgehead atoms. The first-order valence-electron chi connectivity index (χ1n) is 6.37. The summed E-state index contributed by atoms with van der Waals surface area (Å²) in [5.41, 5.74) is 5.43. The molecule has 1 atom stereocenters. The second-order valence-corrected chi connectivity index (χ2v) is 5.18. The van der Waals surface area contributed by atoms with Crippen LogP contribution in [0.25, 0.3) is 11.1 Å². The Kier molecular flexibility index (Phi) is 6.89. The molecule has 0 saturated heterocycles. The molecule has 0 aromatic heterocycles. The monoisotopic (exact) mass is 311 g/mol. The summed E-state index contributed by atoms with van der Waals surface area (Å²) in [5.74, 6) is -0.512. The standard InChI is InChI=1S/C16H17O3P.Na/c1-10-9-11(2)15(16(17)19-20-18)12(3)14(10)13-7-5-4-6-8-13;/h4-9H,20H2,1-3H3;. The molecular formula is C16H17NaO3P. The van der Waals surface area contributed by atoms with Gasteiger partial charge in [0.2, 0.25) is 8.69 Å². The number of benzene rings is 2. The van der Waals surface area contributed by atoms with Crippen molar-refractivity contribution in [1.82, 2.24) is 0 Å². The molecule has 0 aliphatic rings. The van der Waals surface area contributed by atoms with Gasteiger partial charge in [0.05, 0.1) is 5.56 Å². The van der Waals surface area contributed by atoms with Gasteiger partial charge in [-0.1, -0.05) is 36.4 Å². The van der Waals surface area contributed by atoms with Crippen molar-refractivity contribution in [2.24, 2.45) is 0 Å². The first kappa shape index (κ1) is 18.2. The number of carbonyl (C=O) groups is 1. The number of aryl methyl sites for hydroxylation is 2.